The van der Waals surface area contributed by atoms with Gasteiger partial charge in [-0.05, 0) is 49.8 Å². The van der Waals surface area contributed by atoms with E-state index in [1.807, 2.05) is 25.1 Å². The Labute approximate surface area is 175 Å². The van der Waals surface area contributed by atoms with Gasteiger partial charge in [-0.15, -0.1) is 12.4 Å². The summed E-state index contributed by atoms with van der Waals surface area (Å²) < 4.78 is 26.3. The Kier molecular flexibility index (Phi) is 8.13. The average Bonchev–Trinajstić information content (AvgIpc) is 2.69. The number of rotatable bonds is 6. The van der Waals surface area contributed by atoms with Crippen molar-refractivity contribution in [2.75, 3.05) is 30.9 Å². The van der Waals surface area contributed by atoms with Gasteiger partial charge in [0.2, 0.25) is 0 Å². The SMILES string of the molecule is CN(C)c1cc(NC[C@H]2CC[C@@H](NC(=O)c3ccc(F)c(F)c3)CC2)ncn1.Cl. The van der Waals surface area contributed by atoms with E-state index < -0.39 is 11.6 Å². The predicted molar refractivity (Wildman–Crippen MR) is 112 cm³/mol. The molecule has 2 aromatic rings. The Bertz CT molecular complexity index is 828. The highest BCUT2D eigenvalue weighted by Gasteiger charge is 2.23. The van der Waals surface area contributed by atoms with Gasteiger partial charge in [0.1, 0.15) is 18.0 Å². The van der Waals surface area contributed by atoms with Gasteiger partial charge in [0.05, 0.1) is 0 Å². The van der Waals surface area contributed by atoms with Crippen molar-refractivity contribution in [3.8, 4) is 0 Å². The molecule has 2 N–H and O–H groups in total. The minimum Gasteiger partial charge on any atom is -0.370 e. The van der Waals surface area contributed by atoms with E-state index in [4.69, 9.17) is 0 Å². The summed E-state index contributed by atoms with van der Waals surface area (Å²) >= 11 is 0. The van der Waals surface area contributed by atoms with Gasteiger partial charge < -0.3 is 15.5 Å². The summed E-state index contributed by atoms with van der Waals surface area (Å²) in [6.45, 7) is 0.813. The number of anilines is 2. The van der Waals surface area contributed by atoms with E-state index >= 15 is 0 Å². The Hall–Kier alpha value is -2.48. The van der Waals surface area contributed by atoms with E-state index in [0.29, 0.717) is 5.92 Å². The zero-order chi connectivity index (χ0) is 20.1. The highest BCUT2D eigenvalue weighted by Crippen LogP contribution is 2.25. The fourth-order valence-electron chi connectivity index (χ4n) is 3.35. The van der Waals surface area contributed by atoms with E-state index in [1.165, 1.54) is 6.07 Å². The van der Waals surface area contributed by atoms with Gasteiger partial charge in [0.25, 0.3) is 5.91 Å². The van der Waals surface area contributed by atoms with Crippen molar-refractivity contribution in [1.29, 1.82) is 0 Å². The Morgan fingerprint density at radius 1 is 1.10 bits per heavy atom. The predicted octanol–water partition coefficient (Wildman–Crippen LogP) is 3.64. The molecule has 1 saturated carbocycles. The molecular weight excluding hydrogens is 400 g/mol. The molecule has 3 rings (SSSR count). The lowest BCUT2D eigenvalue weighted by Crippen LogP contribution is -2.38. The Balaban J connectivity index is 0.00000300. The molecule has 9 heteroatoms. The largest absolute Gasteiger partial charge is 0.370 e. The first-order chi connectivity index (χ1) is 13.4. The van der Waals surface area contributed by atoms with Crippen LogP contribution < -0.4 is 15.5 Å². The van der Waals surface area contributed by atoms with Crippen molar-refractivity contribution < 1.29 is 13.6 Å². The lowest BCUT2D eigenvalue weighted by atomic mass is 9.86. The normalized spacial score (nSPS) is 18.5. The monoisotopic (exact) mass is 425 g/mol. The summed E-state index contributed by atoms with van der Waals surface area (Å²) in [5, 5.41) is 6.28. The third-order valence-electron chi connectivity index (χ3n) is 5.05. The molecule has 0 radical (unpaired) electrons. The summed E-state index contributed by atoms with van der Waals surface area (Å²) in [5.41, 5.74) is 0.142. The summed E-state index contributed by atoms with van der Waals surface area (Å²) in [5.74, 6) is -0.184. The number of amides is 1. The fraction of sp³-hybridized carbons (Fsp3) is 0.450. The second-order valence-corrected chi connectivity index (χ2v) is 7.36. The topological polar surface area (TPSA) is 70.2 Å². The van der Waals surface area contributed by atoms with Crippen LogP contribution >= 0.6 is 12.4 Å². The third-order valence-corrected chi connectivity index (χ3v) is 5.05. The first kappa shape index (κ1) is 22.8. The molecule has 1 heterocycles. The molecule has 6 nitrogen and oxygen atoms in total. The van der Waals surface area contributed by atoms with Crippen LogP contribution in [0.3, 0.4) is 0 Å². The molecule has 1 aliphatic carbocycles. The first-order valence-corrected chi connectivity index (χ1v) is 9.41. The molecule has 0 spiro atoms. The lowest BCUT2D eigenvalue weighted by molar-refractivity contribution is 0.0922. The number of carbonyl (C=O) groups is 1. The van der Waals surface area contributed by atoms with Crippen LogP contribution in [0.5, 0.6) is 0 Å². The molecule has 0 saturated heterocycles. The third kappa shape index (κ3) is 6.25. The second-order valence-electron chi connectivity index (χ2n) is 7.36. The maximum Gasteiger partial charge on any atom is 0.251 e. The minimum atomic E-state index is -1.01. The van der Waals surface area contributed by atoms with Crippen molar-refractivity contribution in [3.05, 3.63) is 47.8 Å². The number of benzene rings is 1. The van der Waals surface area contributed by atoms with Gasteiger partial charge in [-0.25, -0.2) is 18.7 Å². The van der Waals surface area contributed by atoms with Crippen LogP contribution in [0.2, 0.25) is 0 Å². The molecule has 1 aromatic carbocycles. The molecule has 1 amide bonds. The standard InChI is InChI=1S/C20H25F2N5O.ClH/c1-27(2)19-10-18(24-12-25-19)23-11-13-3-6-15(7-4-13)26-20(28)14-5-8-16(21)17(22)9-14;/h5,8-10,12-13,15H,3-4,6-7,11H2,1-2H3,(H,26,28)(H,23,24,25);1H/t13-,15+;. The van der Waals surface area contributed by atoms with Crippen molar-refractivity contribution in [2.24, 2.45) is 5.92 Å². The van der Waals surface area contributed by atoms with Crippen molar-refractivity contribution >= 4 is 29.9 Å². The molecule has 0 aliphatic heterocycles. The Morgan fingerprint density at radius 3 is 2.48 bits per heavy atom. The van der Waals surface area contributed by atoms with Crippen LogP contribution in [0.4, 0.5) is 20.4 Å². The zero-order valence-corrected chi connectivity index (χ0v) is 17.3. The Morgan fingerprint density at radius 2 is 1.83 bits per heavy atom. The highest BCUT2D eigenvalue weighted by molar-refractivity contribution is 5.94. The smallest absolute Gasteiger partial charge is 0.251 e. The zero-order valence-electron chi connectivity index (χ0n) is 16.5. The van der Waals surface area contributed by atoms with E-state index in [2.05, 4.69) is 20.6 Å². The second kappa shape index (κ2) is 10.3. The van der Waals surface area contributed by atoms with Gasteiger partial charge in [-0.1, -0.05) is 0 Å². The van der Waals surface area contributed by atoms with E-state index in [-0.39, 0.29) is 29.9 Å². The van der Waals surface area contributed by atoms with Crippen LogP contribution in [-0.4, -0.2) is 42.6 Å². The molecule has 0 bridgehead atoms. The molecule has 1 aliphatic rings. The lowest BCUT2D eigenvalue weighted by Gasteiger charge is -2.29. The van der Waals surface area contributed by atoms with Crippen molar-refractivity contribution in [3.63, 3.8) is 0 Å². The molecule has 29 heavy (non-hydrogen) atoms. The average molecular weight is 426 g/mol. The fourth-order valence-corrected chi connectivity index (χ4v) is 3.35. The van der Waals surface area contributed by atoms with Crippen LogP contribution in [0.15, 0.2) is 30.6 Å². The number of nitrogens with zero attached hydrogens (tertiary/aromatic N) is 3. The first-order valence-electron chi connectivity index (χ1n) is 9.41. The van der Waals surface area contributed by atoms with Gasteiger partial charge >= 0.3 is 0 Å². The molecule has 1 fully saturated rings. The minimum absolute atomic E-state index is 0. The maximum absolute atomic E-state index is 13.3. The number of aromatic nitrogens is 2. The van der Waals surface area contributed by atoms with E-state index in [0.717, 1.165) is 56.0 Å². The van der Waals surface area contributed by atoms with E-state index in [1.54, 1.807) is 6.33 Å². The summed E-state index contributed by atoms with van der Waals surface area (Å²) in [6, 6.07) is 5.17. The van der Waals surface area contributed by atoms with Crippen molar-refractivity contribution in [2.45, 2.75) is 31.7 Å². The van der Waals surface area contributed by atoms with Crippen LogP contribution in [-0.2, 0) is 0 Å². The number of halogens is 3. The number of carbonyl (C=O) groups excluding carboxylic acids is 1. The summed E-state index contributed by atoms with van der Waals surface area (Å²) in [7, 11) is 3.87. The van der Waals surface area contributed by atoms with Crippen LogP contribution in [0, 0.1) is 17.6 Å². The number of hydrogen-bond acceptors (Lipinski definition) is 5. The van der Waals surface area contributed by atoms with Gasteiger partial charge in [0.15, 0.2) is 11.6 Å². The summed E-state index contributed by atoms with van der Waals surface area (Å²) in [4.78, 5) is 22.6. The van der Waals surface area contributed by atoms with Crippen LogP contribution in [0.1, 0.15) is 36.0 Å². The van der Waals surface area contributed by atoms with E-state index in [9.17, 15) is 13.6 Å². The number of hydrogen-bond donors (Lipinski definition) is 2. The molecule has 158 valence electrons. The van der Waals surface area contributed by atoms with Crippen LogP contribution in [0.25, 0.3) is 0 Å². The molecule has 0 unspecified atom stereocenters. The van der Waals surface area contributed by atoms with Gasteiger partial charge in [-0.2, -0.15) is 0 Å². The molecule has 1 aromatic heterocycles. The van der Waals surface area contributed by atoms with Crippen molar-refractivity contribution in [1.82, 2.24) is 15.3 Å². The molecule has 0 atom stereocenters. The molecular formula is C20H26ClF2N5O. The van der Waals surface area contributed by atoms with Gasteiger partial charge in [-0.3, -0.25) is 4.79 Å². The van der Waals surface area contributed by atoms with Gasteiger partial charge in [0, 0.05) is 38.3 Å². The highest BCUT2D eigenvalue weighted by atomic mass is 35.5. The maximum atomic E-state index is 13.3. The summed E-state index contributed by atoms with van der Waals surface area (Å²) in [6.07, 6.45) is 5.20. The quantitative estimate of drug-likeness (QED) is 0.739. The number of nitrogens with one attached hydrogen (secondary N) is 2.